The van der Waals surface area contributed by atoms with E-state index in [1.165, 1.54) is 6.07 Å². The van der Waals surface area contributed by atoms with Crippen molar-refractivity contribution in [3.8, 4) is 11.1 Å². The van der Waals surface area contributed by atoms with Crippen molar-refractivity contribution in [2.24, 2.45) is 0 Å². The Balaban J connectivity index is 2.61. The average molecular weight is 271 g/mol. The Morgan fingerprint density at radius 2 is 1.80 bits per heavy atom. The van der Waals surface area contributed by atoms with Crippen molar-refractivity contribution in [1.29, 1.82) is 0 Å². The molecule has 0 spiro atoms. The fraction of sp³-hybridized carbons (Fsp3) is 0.188. The van der Waals surface area contributed by atoms with E-state index in [1.807, 2.05) is 43.3 Å². The number of aliphatic hydroxyl groups excluding tert-OH is 1. The Bertz CT molecular complexity index is 635. The van der Waals surface area contributed by atoms with Gasteiger partial charge in [-0.3, -0.25) is 0 Å². The number of benzene rings is 2. The highest BCUT2D eigenvalue weighted by atomic mass is 16.4. The van der Waals surface area contributed by atoms with Crippen molar-refractivity contribution >= 4 is 11.7 Å². The number of carboxylic acid groups (broad SMARTS) is 1. The lowest BCUT2D eigenvalue weighted by Gasteiger charge is -2.19. The van der Waals surface area contributed by atoms with Crippen LogP contribution in [0, 0.1) is 0 Å². The molecule has 2 aromatic rings. The van der Waals surface area contributed by atoms with Gasteiger partial charge in [0.05, 0.1) is 12.2 Å². The van der Waals surface area contributed by atoms with Gasteiger partial charge in [0.2, 0.25) is 0 Å². The molecule has 0 bridgehead atoms. The number of hydrogen-bond donors (Lipinski definition) is 2. The zero-order chi connectivity index (χ0) is 14.7. The third kappa shape index (κ3) is 2.65. The molecule has 0 aliphatic carbocycles. The second-order valence-electron chi connectivity index (χ2n) is 4.75. The Morgan fingerprint density at radius 1 is 1.10 bits per heavy atom. The van der Waals surface area contributed by atoms with Crippen LogP contribution >= 0.6 is 0 Å². The Kier molecular flexibility index (Phi) is 4.05. The summed E-state index contributed by atoms with van der Waals surface area (Å²) in [5.74, 6) is -0.993. The molecule has 0 radical (unpaired) electrons. The number of para-hydroxylation sites is 1. The summed E-state index contributed by atoms with van der Waals surface area (Å²) in [6.45, 7) is -0.196. The average Bonchev–Trinajstić information content (AvgIpc) is 2.46. The maximum Gasteiger partial charge on any atom is 0.335 e. The molecule has 0 unspecified atom stereocenters. The normalized spacial score (nSPS) is 10.3. The van der Waals surface area contributed by atoms with E-state index in [0.29, 0.717) is 5.56 Å². The van der Waals surface area contributed by atoms with Gasteiger partial charge in [0, 0.05) is 25.3 Å². The van der Waals surface area contributed by atoms with Crippen LogP contribution in [0.5, 0.6) is 0 Å². The number of carbonyl (C=O) groups is 1. The van der Waals surface area contributed by atoms with Crippen LogP contribution in [0.4, 0.5) is 5.69 Å². The summed E-state index contributed by atoms with van der Waals surface area (Å²) in [5, 5.41) is 18.5. The molecule has 2 N–H and O–H groups in total. The molecule has 0 aliphatic rings. The van der Waals surface area contributed by atoms with Crippen molar-refractivity contribution in [2.45, 2.75) is 6.61 Å². The van der Waals surface area contributed by atoms with Crippen LogP contribution < -0.4 is 4.90 Å². The number of aromatic carboxylic acids is 1. The van der Waals surface area contributed by atoms with Gasteiger partial charge in [-0.15, -0.1) is 0 Å². The van der Waals surface area contributed by atoms with Crippen LogP contribution in [0.25, 0.3) is 11.1 Å². The molecule has 0 saturated heterocycles. The van der Waals surface area contributed by atoms with E-state index in [-0.39, 0.29) is 12.2 Å². The smallest absolute Gasteiger partial charge is 0.335 e. The summed E-state index contributed by atoms with van der Waals surface area (Å²) in [6, 6.07) is 12.6. The van der Waals surface area contributed by atoms with Gasteiger partial charge >= 0.3 is 5.97 Å². The molecule has 0 saturated carbocycles. The molecule has 0 amide bonds. The predicted octanol–water partition coefficient (Wildman–Crippen LogP) is 2.61. The van der Waals surface area contributed by atoms with E-state index >= 15 is 0 Å². The summed E-state index contributed by atoms with van der Waals surface area (Å²) in [4.78, 5) is 13.0. The molecular formula is C16H17NO3. The molecule has 0 heterocycles. The molecule has 2 rings (SSSR count). The second kappa shape index (κ2) is 5.75. The van der Waals surface area contributed by atoms with Crippen molar-refractivity contribution in [1.82, 2.24) is 0 Å². The maximum absolute atomic E-state index is 11.0. The first-order chi connectivity index (χ1) is 9.54. The first kappa shape index (κ1) is 14.1. The quantitative estimate of drug-likeness (QED) is 0.897. The van der Waals surface area contributed by atoms with Crippen molar-refractivity contribution in [2.75, 3.05) is 19.0 Å². The standard InChI is InChI=1S/C16H17NO3/c1-17(2)15-6-4-3-5-14(15)13-8-7-11(16(19)20)9-12(13)10-18/h3-9,18H,10H2,1-2H3,(H,19,20). The third-order valence-corrected chi connectivity index (χ3v) is 3.20. The van der Waals surface area contributed by atoms with Gasteiger partial charge in [-0.1, -0.05) is 24.3 Å². The van der Waals surface area contributed by atoms with Gasteiger partial charge in [-0.2, -0.15) is 0 Å². The van der Waals surface area contributed by atoms with Crippen LogP contribution in [0.2, 0.25) is 0 Å². The van der Waals surface area contributed by atoms with E-state index in [2.05, 4.69) is 0 Å². The number of aliphatic hydroxyl groups is 1. The summed E-state index contributed by atoms with van der Waals surface area (Å²) >= 11 is 0. The lowest BCUT2D eigenvalue weighted by molar-refractivity contribution is 0.0696. The number of nitrogens with zero attached hydrogens (tertiary/aromatic N) is 1. The maximum atomic E-state index is 11.0. The minimum atomic E-state index is -0.993. The molecule has 0 fully saturated rings. The lowest BCUT2D eigenvalue weighted by atomic mass is 9.96. The summed E-state index contributed by atoms with van der Waals surface area (Å²) in [5.41, 5.74) is 3.63. The van der Waals surface area contributed by atoms with E-state index in [1.54, 1.807) is 12.1 Å². The van der Waals surface area contributed by atoms with Crippen LogP contribution in [-0.4, -0.2) is 30.3 Å². The molecule has 0 aliphatic heterocycles. The molecule has 4 nitrogen and oxygen atoms in total. The van der Waals surface area contributed by atoms with E-state index in [9.17, 15) is 9.90 Å². The van der Waals surface area contributed by atoms with E-state index in [0.717, 1.165) is 16.8 Å². The largest absolute Gasteiger partial charge is 0.478 e. The van der Waals surface area contributed by atoms with Crippen LogP contribution in [0.15, 0.2) is 42.5 Å². The Hall–Kier alpha value is -2.33. The lowest BCUT2D eigenvalue weighted by Crippen LogP contribution is -2.10. The van der Waals surface area contributed by atoms with Gasteiger partial charge in [0.1, 0.15) is 0 Å². The SMILES string of the molecule is CN(C)c1ccccc1-c1ccc(C(=O)O)cc1CO. The van der Waals surface area contributed by atoms with Crippen molar-refractivity contribution in [3.05, 3.63) is 53.6 Å². The van der Waals surface area contributed by atoms with Crippen LogP contribution in [-0.2, 0) is 6.61 Å². The second-order valence-corrected chi connectivity index (χ2v) is 4.75. The molecule has 4 heteroatoms. The Morgan fingerprint density at radius 3 is 2.40 bits per heavy atom. The molecule has 0 aromatic heterocycles. The third-order valence-electron chi connectivity index (χ3n) is 3.20. The molecule has 104 valence electrons. The van der Waals surface area contributed by atoms with E-state index < -0.39 is 5.97 Å². The fourth-order valence-electron chi connectivity index (χ4n) is 2.21. The minimum Gasteiger partial charge on any atom is -0.478 e. The van der Waals surface area contributed by atoms with Gasteiger partial charge < -0.3 is 15.1 Å². The van der Waals surface area contributed by atoms with Crippen LogP contribution in [0.1, 0.15) is 15.9 Å². The van der Waals surface area contributed by atoms with Gasteiger partial charge in [-0.05, 0) is 29.3 Å². The number of carboxylic acids is 1. The monoisotopic (exact) mass is 271 g/mol. The number of rotatable bonds is 4. The predicted molar refractivity (Wildman–Crippen MR) is 79.1 cm³/mol. The molecule has 20 heavy (non-hydrogen) atoms. The molecule has 0 atom stereocenters. The highest BCUT2D eigenvalue weighted by Gasteiger charge is 2.12. The van der Waals surface area contributed by atoms with Crippen molar-refractivity contribution < 1.29 is 15.0 Å². The summed E-state index contributed by atoms with van der Waals surface area (Å²) < 4.78 is 0. The van der Waals surface area contributed by atoms with Gasteiger partial charge in [0.25, 0.3) is 0 Å². The van der Waals surface area contributed by atoms with Gasteiger partial charge in [-0.25, -0.2) is 4.79 Å². The zero-order valence-corrected chi connectivity index (χ0v) is 11.5. The first-order valence-electron chi connectivity index (χ1n) is 6.28. The first-order valence-corrected chi connectivity index (χ1v) is 6.28. The number of hydrogen-bond acceptors (Lipinski definition) is 3. The van der Waals surface area contributed by atoms with Crippen LogP contribution in [0.3, 0.4) is 0 Å². The Labute approximate surface area is 117 Å². The molecular weight excluding hydrogens is 254 g/mol. The summed E-state index contributed by atoms with van der Waals surface area (Å²) in [6.07, 6.45) is 0. The highest BCUT2D eigenvalue weighted by molar-refractivity contribution is 5.90. The topological polar surface area (TPSA) is 60.8 Å². The van der Waals surface area contributed by atoms with Crippen molar-refractivity contribution in [3.63, 3.8) is 0 Å². The van der Waals surface area contributed by atoms with E-state index in [4.69, 9.17) is 5.11 Å². The summed E-state index contributed by atoms with van der Waals surface area (Å²) in [7, 11) is 3.89. The molecule has 2 aromatic carbocycles. The fourth-order valence-corrected chi connectivity index (χ4v) is 2.21. The minimum absolute atomic E-state index is 0.181. The van der Waals surface area contributed by atoms with Gasteiger partial charge in [0.15, 0.2) is 0 Å². The highest BCUT2D eigenvalue weighted by Crippen LogP contribution is 2.32. The number of anilines is 1. The zero-order valence-electron chi connectivity index (χ0n) is 11.5.